The van der Waals surface area contributed by atoms with Gasteiger partial charge in [0.25, 0.3) is 0 Å². The summed E-state index contributed by atoms with van der Waals surface area (Å²) < 4.78 is 2.86. The standard InChI is InChI=1S/C28H32N2OS/c1-6-30(20-28(3,4)21(2)31)25-15-9-10-16-26(25)32-27(30)17-11-12-22-18-19-29(5)24-14-8-7-13-23(22)24/h7-19H,6,20H2,1-5H3/q+2/b12-11+,27-17-. The number of allylic oxidation sites excluding steroid dienone is 2. The maximum Gasteiger partial charge on any atom is 0.212 e. The first-order valence-corrected chi connectivity index (χ1v) is 12.0. The van der Waals surface area contributed by atoms with Gasteiger partial charge >= 0.3 is 0 Å². The Bertz CT molecular complexity index is 1240. The van der Waals surface area contributed by atoms with Crippen LogP contribution >= 0.6 is 11.8 Å². The predicted molar refractivity (Wildman–Crippen MR) is 136 cm³/mol. The molecular formula is C28H32N2OS+2. The van der Waals surface area contributed by atoms with Gasteiger partial charge in [-0.2, -0.15) is 0 Å². The van der Waals surface area contributed by atoms with Crippen LogP contribution in [0.5, 0.6) is 0 Å². The molecule has 2 aromatic carbocycles. The first kappa shape index (κ1) is 22.5. The van der Waals surface area contributed by atoms with E-state index >= 15 is 0 Å². The van der Waals surface area contributed by atoms with Crippen molar-refractivity contribution in [3.63, 3.8) is 0 Å². The Hall–Kier alpha value is -2.69. The summed E-state index contributed by atoms with van der Waals surface area (Å²) in [5.41, 5.74) is 3.31. The number of hydrogen-bond acceptors (Lipinski definition) is 2. The van der Waals surface area contributed by atoms with Crippen LogP contribution < -0.4 is 9.05 Å². The Labute approximate surface area is 195 Å². The molecule has 0 saturated carbocycles. The van der Waals surface area contributed by atoms with Crippen molar-refractivity contribution < 1.29 is 9.36 Å². The van der Waals surface area contributed by atoms with E-state index < -0.39 is 5.41 Å². The van der Waals surface area contributed by atoms with Crippen LogP contribution in [-0.2, 0) is 11.8 Å². The van der Waals surface area contributed by atoms with Crippen molar-refractivity contribution >= 4 is 40.2 Å². The second-order valence-corrected chi connectivity index (χ2v) is 10.3. The fourth-order valence-electron chi connectivity index (χ4n) is 4.55. The third kappa shape index (κ3) is 3.94. The zero-order chi connectivity index (χ0) is 22.9. The number of benzene rings is 2. The Morgan fingerprint density at radius 3 is 2.56 bits per heavy atom. The molecule has 0 radical (unpaired) electrons. The molecule has 1 unspecified atom stereocenters. The number of carbonyl (C=O) groups is 1. The van der Waals surface area contributed by atoms with Crippen molar-refractivity contribution in [1.29, 1.82) is 0 Å². The van der Waals surface area contributed by atoms with Crippen molar-refractivity contribution in [2.24, 2.45) is 12.5 Å². The average Bonchev–Trinajstić information content (AvgIpc) is 3.08. The van der Waals surface area contributed by atoms with E-state index in [1.165, 1.54) is 32.1 Å². The third-order valence-electron chi connectivity index (χ3n) is 6.71. The van der Waals surface area contributed by atoms with E-state index in [0.29, 0.717) is 4.48 Å². The summed E-state index contributed by atoms with van der Waals surface area (Å²) in [7, 11) is 2.08. The maximum absolute atomic E-state index is 12.4. The molecule has 1 aromatic heterocycles. The minimum atomic E-state index is -0.402. The van der Waals surface area contributed by atoms with E-state index in [4.69, 9.17) is 0 Å². The molecule has 4 heteroatoms. The zero-order valence-corrected chi connectivity index (χ0v) is 20.4. The number of pyridine rings is 1. The van der Waals surface area contributed by atoms with Crippen molar-refractivity contribution in [2.75, 3.05) is 13.1 Å². The number of nitrogens with zero attached hydrogens (tertiary/aromatic N) is 2. The number of aryl methyl sites for hydroxylation is 1. The van der Waals surface area contributed by atoms with Gasteiger partial charge in [-0.05, 0) is 57.2 Å². The number of Topliss-reactive ketones (excluding diaryl/α,β-unsaturated/α-hetero) is 1. The smallest absolute Gasteiger partial charge is 0.212 e. The second-order valence-electron chi connectivity index (χ2n) is 9.22. The van der Waals surface area contributed by atoms with Gasteiger partial charge in [-0.25, -0.2) is 4.57 Å². The zero-order valence-electron chi connectivity index (χ0n) is 19.6. The number of aromatic nitrogens is 1. The number of fused-ring (bicyclic) bond motifs is 2. The summed E-state index contributed by atoms with van der Waals surface area (Å²) >= 11 is 1.83. The van der Waals surface area contributed by atoms with Crippen LogP contribution in [0.1, 0.15) is 33.3 Å². The van der Waals surface area contributed by atoms with Crippen molar-refractivity contribution in [3.05, 3.63) is 83.5 Å². The Balaban J connectivity index is 1.77. The minimum Gasteiger partial charge on any atom is -0.299 e. The maximum atomic E-state index is 12.4. The van der Waals surface area contributed by atoms with Gasteiger partial charge < -0.3 is 0 Å². The molecule has 0 saturated heterocycles. The highest BCUT2D eigenvalue weighted by Gasteiger charge is 2.47. The number of thioether (sulfide) groups is 1. The number of para-hydroxylation sites is 2. The SMILES string of the molecule is CC[N+]1(CC(C)(C)C(C)=O)/C(=C/C=C/c2cc[n+](C)c3ccccc23)Sc2ccccc21. The van der Waals surface area contributed by atoms with Crippen LogP contribution in [0, 0.1) is 5.41 Å². The lowest BCUT2D eigenvalue weighted by Gasteiger charge is -2.38. The van der Waals surface area contributed by atoms with Gasteiger partial charge in [-0.1, -0.05) is 36.4 Å². The molecule has 4 rings (SSSR count). The molecule has 0 spiro atoms. The summed E-state index contributed by atoms with van der Waals surface area (Å²) in [4.78, 5) is 13.7. The van der Waals surface area contributed by atoms with E-state index in [9.17, 15) is 4.79 Å². The predicted octanol–water partition coefficient (Wildman–Crippen LogP) is 6.27. The summed E-state index contributed by atoms with van der Waals surface area (Å²) in [6.07, 6.45) is 8.71. The molecule has 3 nitrogen and oxygen atoms in total. The van der Waals surface area contributed by atoms with E-state index in [1.54, 1.807) is 6.92 Å². The lowest BCUT2D eigenvalue weighted by atomic mass is 9.87. The number of carbonyl (C=O) groups excluding carboxylic acids is 1. The lowest BCUT2D eigenvalue weighted by molar-refractivity contribution is -0.644. The molecule has 32 heavy (non-hydrogen) atoms. The molecule has 0 bridgehead atoms. The van der Waals surface area contributed by atoms with Gasteiger partial charge in [0.05, 0.1) is 22.2 Å². The summed E-state index contributed by atoms with van der Waals surface area (Å²) in [5.74, 6) is 0.233. The first-order chi connectivity index (χ1) is 15.3. The second kappa shape index (κ2) is 8.68. The van der Waals surface area contributed by atoms with Gasteiger partial charge in [0, 0.05) is 24.3 Å². The minimum absolute atomic E-state index is 0.233. The Kier molecular flexibility index (Phi) is 6.11. The fraction of sp³-hybridized carbons (Fsp3) is 0.286. The van der Waals surface area contributed by atoms with Gasteiger partial charge in [-0.15, -0.1) is 0 Å². The van der Waals surface area contributed by atoms with Crippen LogP contribution in [0.3, 0.4) is 0 Å². The summed E-state index contributed by atoms with van der Waals surface area (Å²) in [6, 6.07) is 19.3. The third-order valence-corrected chi connectivity index (χ3v) is 7.97. The van der Waals surface area contributed by atoms with Gasteiger partial charge in [0.1, 0.15) is 19.4 Å². The lowest BCUT2D eigenvalue weighted by Crippen LogP contribution is -2.52. The van der Waals surface area contributed by atoms with Crippen LogP contribution in [0.15, 0.2) is 82.9 Å². The van der Waals surface area contributed by atoms with E-state index in [2.05, 4.69) is 111 Å². The van der Waals surface area contributed by atoms with E-state index in [0.717, 1.165) is 13.1 Å². The Morgan fingerprint density at radius 1 is 1.09 bits per heavy atom. The van der Waals surface area contributed by atoms with E-state index in [-0.39, 0.29) is 5.78 Å². The van der Waals surface area contributed by atoms with E-state index in [1.807, 2.05) is 11.8 Å². The number of ketones is 1. The summed E-state index contributed by atoms with van der Waals surface area (Å²) in [6.45, 7) is 9.74. The molecule has 1 atom stereocenters. The molecule has 1 aliphatic heterocycles. The number of hydrogen-bond donors (Lipinski definition) is 0. The van der Waals surface area contributed by atoms with Crippen molar-refractivity contribution in [2.45, 2.75) is 32.6 Å². The highest BCUT2D eigenvalue weighted by molar-refractivity contribution is 8.03. The molecule has 0 amide bonds. The Morgan fingerprint density at radius 2 is 1.81 bits per heavy atom. The van der Waals surface area contributed by atoms with Crippen molar-refractivity contribution in [3.8, 4) is 0 Å². The molecule has 164 valence electrons. The number of quaternary nitrogens is 1. The van der Waals surface area contributed by atoms with Gasteiger partial charge in [0.2, 0.25) is 5.52 Å². The largest absolute Gasteiger partial charge is 0.299 e. The van der Waals surface area contributed by atoms with Gasteiger partial charge in [-0.3, -0.25) is 9.28 Å². The molecule has 0 fully saturated rings. The molecular weight excluding hydrogens is 412 g/mol. The molecule has 1 aliphatic rings. The van der Waals surface area contributed by atoms with Crippen molar-refractivity contribution in [1.82, 2.24) is 4.48 Å². The van der Waals surface area contributed by atoms with Crippen LogP contribution in [0.2, 0.25) is 0 Å². The first-order valence-electron chi connectivity index (χ1n) is 11.2. The molecule has 0 aliphatic carbocycles. The monoisotopic (exact) mass is 444 g/mol. The quantitative estimate of drug-likeness (QED) is 0.330. The average molecular weight is 445 g/mol. The normalized spacial score (nSPS) is 19.7. The highest BCUT2D eigenvalue weighted by atomic mass is 32.2. The molecule has 0 N–H and O–H groups in total. The topological polar surface area (TPSA) is 20.9 Å². The van der Waals surface area contributed by atoms with Crippen LogP contribution in [0.4, 0.5) is 5.69 Å². The fourth-order valence-corrected chi connectivity index (χ4v) is 5.88. The summed E-state index contributed by atoms with van der Waals surface area (Å²) in [5, 5.41) is 2.51. The number of rotatable bonds is 6. The highest BCUT2D eigenvalue weighted by Crippen LogP contribution is 2.52. The van der Waals surface area contributed by atoms with Crippen LogP contribution in [-0.4, -0.2) is 18.9 Å². The van der Waals surface area contributed by atoms with Gasteiger partial charge in [0.15, 0.2) is 16.9 Å². The molecule has 2 heterocycles. The molecule has 3 aromatic rings. The van der Waals surface area contributed by atoms with Crippen LogP contribution in [0.25, 0.3) is 17.0 Å².